The van der Waals surface area contributed by atoms with Gasteiger partial charge in [0.1, 0.15) is 0 Å². The van der Waals surface area contributed by atoms with Gasteiger partial charge in [-0.1, -0.05) is 30.3 Å². The highest BCUT2D eigenvalue weighted by atomic mass is 16.5. The van der Waals surface area contributed by atoms with E-state index in [9.17, 15) is 9.59 Å². The van der Waals surface area contributed by atoms with Crippen LogP contribution in [0.2, 0.25) is 0 Å². The van der Waals surface area contributed by atoms with E-state index in [-0.39, 0.29) is 30.5 Å². The van der Waals surface area contributed by atoms with Gasteiger partial charge in [-0.3, -0.25) is 9.59 Å². The molecule has 2 aliphatic heterocycles. The lowest BCUT2D eigenvalue weighted by atomic mass is 9.95. The maximum absolute atomic E-state index is 12.2. The highest BCUT2D eigenvalue weighted by molar-refractivity contribution is 5.84. The van der Waals surface area contributed by atoms with Crippen LogP contribution in [0.3, 0.4) is 0 Å². The average molecular weight is 316 g/mol. The predicted molar refractivity (Wildman–Crippen MR) is 86.8 cm³/mol. The number of fused-ring (bicyclic) bond motifs is 2. The van der Waals surface area contributed by atoms with Crippen LogP contribution in [0.5, 0.6) is 0 Å². The van der Waals surface area contributed by atoms with Gasteiger partial charge in [0.05, 0.1) is 24.8 Å². The predicted octanol–water partition coefficient (Wildman–Crippen LogP) is 1.51. The summed E-state index contributed by atoms with van der Waals surface area (Å²) in [5, 5.41) is 3.04. The van der Waals surface area contributed by atoms with Crippen LogP contribution in [-0.2, 0) is 20.7 Å². The first kappa shape index (κ1) is 16.0. The van der Waals surface area contributed by atoms with Crippen LogP contribution in [-0.4, -0.2) is 48.1 Å². The van der Waals surface area contributed by atoms with Gasteiger partial charge in [0.15, 0.2) is 0 Å². The third-order valence-electron chi connectivity index (χ3n) is 4.75. The smallest absolute Gasteiger partial charge is 0.239 e. The molecule has 23 heavy (non-hydrogen) atoms. The summed E-state index contributed by atoms with van der Waals surface area (Å²) in [6.45, 7) is 2.19. The number of carbonyl (C=O) groups is 2. The highest BCUT2D eigenvalue weighted by Gasteiger charge is 2.41. The molecule has 3 rings (SSSR count). The molecule has 0 aromatic heterocycles. The monoisotopic (exact) mass is 316 g/mol. The molecule has 2 bridgehead atoms. The van der Waals surface area contributed by atoms with Crippen LogP contribution in [0.1, 0.15) is 31.7 Å². The second kappa shape index (κ2) is 7.13. The van der Waals surface area contributed by atoms with Crippen LogP contribution in [0.25, 0.3) is 0 Å². The first-order chi connectivity index (χ1) is 11.1. The van der Waals surface area contributed by atoms with E-state index < -0.39 is 0 Å². The minimum absolute atomic E-state index is 0.0692. The number of nitrogens with zero attached hydrogens (tertiary/aromatic N) is 1. The van der Waals surface area contributed by atoms with Crippen molar-refractivity contribution in [3.05, 3.63) is 35.9 Å². The van der Waals surface area contributed by atoms with E-state index in [1.165, 1.54) is 12.5 Å². The minimum atomic E-state index is -0.0885. The fourth-order valence-corrected chi connectivity index (χ4v) is 3.47. The SMILES string of the molecule is CC(=O)N(CCc1ccccc1)CC(=O)N[C@@H]1C[C@H]2CC[C@H]1O2. The van der Waals surface area contributed by atoms with Crippen molar-refractivity contribution in [2.24, 2.45) is 0 Å². The van der Waals surface area contributed by atoms with E-state index >= 15 is 0 Å². The van der Waals surface area contributed by atoms with E-state index in [0.29, 0.717) is 12.6 Å². The zero-order valence-corrected chi connectivity index (χ0v) is 13.5. The Hall–Kier alpha value is -1.88. The molecule has 1 aromatic carbocycles. The first-order valence-corrected chi connectivity index (χ1v) is 8.36. The van der Waals surface area contributed by atoms with E-state index in [1.807, 2.05) is 30.3 Å². The normalized spacial score (nSPS) is 25.3. The number of ether oxygens (including phenoxy) is 1. The molecule has 2 saturated heterocycles. The Morgan fingerprint density at radius 1 is 1.26 bits per heavy atom. The second-order valence-corrected chi connectivity index (χ2v) is 6.46. The lowest BCUT2D eigenvalue weighted by molar-refractivity contribution is -0.134. The van der Waals surface area contributed by atoms with Crippen LogP contribution in [0, 0.1) is 0 Å². The van der Waals surface area contributed by atoms with Crippen LogP contribution in [0.4, 0.5) is 0 Å². The Bertz CT molecular complexity index is 561. The molecule has 2 amide bonds. The van der Waals surface area contributed by atoms with Gasteiger partial charge in [0.25, 0.3) is 0 Å². The summed E-state index contributed by atoms with van der Waals surface area (Å²) in [5.41, 5.74) is 1.17. The molecule has 5 nitrogen and oxygen atoms in total. The van der Waals surface area contributed by atoms with Gasteiger partial charge in [-0.05, 0) is 31.2 Å². The third kappa shape index (κ3) is 4.10. The average Bonchev–Trinajstić information content (AvgIpc) is 3.15. The van der Waals surface area contributed by atoms with E-state index in [2.05, 4.69) is 5.32 Å². The quantitative estimate of drug-likeness (QED) is 0.865. The topological polar surface area (TPSA) is 58.6 Å². The van der Waals surface area contributed by atoms with Crippen LogP contribution < -0.4 is 5.32 Å². The van der Waals surface area contributed by atoms with Crippen molar-refractivity contribution in [2.75, 3.05) is 13.1 Å². The van der Waals surface area contributed by atoms with E-state index in [4.69, 9.17) is 4.74 Å². The van der Waals surface area contributed by atoms with Crippen molar-refractivity contribution < 1.29 is 14.3 Å². The van der Waals surface area contributed by atoms with Crippen molar-refractivity contribution in [3.8, 4) is 0 Å². The summed E-state index contributed by atoms with van der Waals surface area (Å²) in [7, 11) is 0. The number of hydrogen-bond donors (Lipinski definition) is 1. The number of amides is 2. The summed E-state index contributed by atoms with van der Waals surface area (Å²) >= 11 is 0. The number of hydrogen-bond acceptors (Lipinski definition) is 3. The molecule has 1 N–H and O–H groups in total. The lowest BCUT2D eigenvalue weighted by Gasteiger charge is -2.24. The van der Waals surface area contributed by atoms with E-state index in [1.54, 1.807) is 4.90 Å². The molecule has 0 radical (unpaired) electrons. The largest absolute Gasteiger partial charge is 0.373 e. The van der Waals surface area contributed by atoms with E-state index in [0.717, 1.165) is 25.7 Å². The van der Waals surface area contributed by atoms with Gasteiger partial charge in [-0.25, -0.2) is 0 Å². The standard InChI is InChI=1S/C18H24N2O3/c1-13(21)20(10-9-14-5-3-2-4-6-14)12-18(22)19-16-11-15-7-8-17(16)23-15/h2-6,15-17H,7-12H2,1H3,(H,19,22)/t15-,16-,17-/m1/s1. The molecule has 3 atom stereocenters. The van der Waals surface area contributed by atoms with Gasteiger partial charge < -0.3 is 15.0 Å². The molecule has 0 saturated carbocycles. The van der Waals surface area contributed by atoms with Gasteiger partial charge in [-0.15, -0.1) is 0 Å². The lowest BCUT2D eigenvalue weighted by Crippen LogP contribution is -2.47. The van der Waals surface area contributed by atoms with Crippen molar-refractivity contribution >= 4 is 11.8 Å². The number of rotatable bonds is 6. The van der Waals surface area contributed by atoms with Crippen molar-refractivity contribution in [3.63, 3.8) is 0 Å². The third-order valence-corrected chi connectivity index (χ3v) is 4.75. The van der Waals surface area contributed by atoms with Gasteiger partial charge in [0.2, 0.25) is 11.8 Å². The zero-order valence-electron chi connectivity index (χ0n) is 13.5. The molecule has 2 heterocycles. The maximum Gasteiger partial charge on any atom is 0.239 e. The molecule has 2 aliphatic rings. The Morgan fingerprint density at radius 2 is 2.04 bits per heavy atom. The Kier molecular flexibility index (Phi) is 4.96. The van der Waals surface area contributed by atoms with Gasteiger partial charge in [-0.2, -0.15) is 0 Å². The Morgan fingerprint density at radius 3 is 2.65 bits per heavy atom. The highest BCUT2D eigenvalue weighted by Crippen LogP contribution is 2.34. The molecule has 124 valence electrons. The molecule has 0 unspecified atom stereocenters. The van der Waals surface area contributed by atoms with Gasteiger partial charge >= 0.3 is 0 Å². The summed E-state index contributed by atoms with van der Waals surface area (Å²) in [4.78, 5) is 25.6. The van der Waals surface area contributed by atoms with Crippen molar-refractivity contribution in [1.82, 2.24) is 10.2 Å². The molecule has 1 aromatic rings. The second-order valence-electron chi connectivity index (χ2n) is 6.46. The van der Waals surface area contributed by atoms with Gasteiger partial charge in [0, 0.05) is 13.5 Å². The number of nitrogens with one attached hydrogen (secondary N) is 1. The Labute approximate surface area is 137 Å². The Balaban J connectivity index is 1.48. The summed E-state index contributed by atoms with van der Waals surface area (Å²) < 4.78 is 5.75. The van der Waals surface area contributed by atoms with Crippen molar-refractivity contribution in [1.29, 1.82) is 0 Å². The molecular weight excluding hydrogens is 292 g/mol. The fourth-order valence-electron chi connectivity index (χ4n) is 3.47. The summed E-state index contributed by atoms with van der Waals surface area (Å²) in [5.74, 6) is -0.158. The maximum atomic E-state index is 12.2. The molecule has 5 heteroatoms. The first-order valence-electron chi connectivity index (χ1n) is 8.36. The zero-order chi connectivity index (χ0) is 16.2. The number of carbonyl (C=O) groups excluding carboxylic acids is 2. The van der Waals surface area contributed by atoms with Crippen LogP contribution >= 0.6 is 0 Å². The minimum Gasteiger partial charge on any atom is -0.373 e. The fraction of sp³-hybridized carbons (Fsp3) is 0.556. The van der Waals surface area contributed by atoms with Crippen molar-refractivity contribution in [2.45, 2.75) is 50.9 Å². The molecule has 0 aliphatic carbocycles. The number of benzene rings is 1. The summed E-state index contributed by atoms with van der Waals surface area (Å²) in [6.07, 6.45) is 4.27. The summed E-state index contributed by atoms with van der Waals surface area (Å²) in [6, 6.07) is 10.1. The van der Waals surface area contributed by atoms with Crippen LogP contribution in [0.15, 0.2) is 30.3 Å². The molecular formula is C18H24N2O3. The molecule has 2 fully saturated rings. The molecule has 0 spiro atoms.